The van der Waals surface area contributed by atoms with Gasteiger partial charge in [0.25, 0.3) is 0 Å². The number of carbonyl (C=O) groups excluding carboxylic acids is 1. The van der Waals surface area contributed by atoms with Crippen LogP contribution in [0.15, 0.2) is 41.1 Å². The zero-order valence-electron chi connectivity index (χ0n) is 11.1. The average molecular weight is 350 g/mol. The van der Waals surface area contributed by atoms with Crippen molar-refractivity contribution in [2.45, 2.75) is 6.92 Å². The van der Waals surface area contributed by atoms with Gasteiger partial charge >= 0.3 is 12.0 Å². The highest BCUT2D eigenvalue weighted by atomic mass is 79.9. The zero-order chi connectivity index (χ0) is 15.4. The molecule has 0 aliphatic heterocycles. The summed E-state index contributed by atoms with van der Waals surface area (Å²) in [5, 5.41) is 14.0. The number of carboxylic acid groups (broad SMARTS) is 1. The molecule has 1 heterocycles. The van der Waals surface area contributed by atoms with Gasteiger partial charge in [0.15, 0.2) is 0 Å². The van der Waals surface area contributed by atoms with Crippen molar-refractivity contribution < 1.29 is 14.7 Å². The number of hydrogen-bond donors (Lipinski definition) is 3. The third-order valence-electron chi connectivity index (χ3n) is 2.67. The molecule has 0 aliphatic rings. The number of aromatic carboxylic acids is 1. The minimum atomic E-state index is -1.10. The number of nitrogens with zero attached hydrogens (tertiary/aromatic N) is 1. The fourth-order valence-electron chi connectivity index (χ4n) is 1.59. The van der Waals surface area contributed by atoms with Gasteiger partial charge in [-0.1, -0.05) is 22.0 Å². The van der Waals surface area contributed by atoms with E-state index in [-0.39, 0.29) is 5.56 Å². The molecule has 21 heavy (non-hydrogen) atoms. The van der Waals surface area contributed by atoms with Gasteiger partial charge in [-0.15, -0.1) is 0 Å². The molecule has 2 aromatic rings. The molecule has 0 fully saturated rings. The second-order valence-corrected chi connectivity index (χ2v) is 5.16. The monoisotopic (exact) mass is 349 g/mol. The molecule has 2 rings (SSSR count). The molecule has 0 aliphatic carbocycles. The van der Waals surface area contributed by atoms with Gasteiger partial charge in [0.2, 0.25) is 0 Å². The number of halogens is 1. The summed E-state index contributed by atoms with van der Waals surface area (Å²) in [7, 11) is 0. The van der Waals surface area contributed by atoms with Gasteiger partial charge in [-0.3, -0.25) is 4.98 Å². The minimum Gasteiger partial charge on any atom is -0.478 e. The number of amides is 2. The zero-order valence-corrected chi connectivity index (χ0v) is 12.6. The van der Waals surface area contributed by atoms with E-state index in [2.05, 4.69) is 31.5 Å². The highest BCUT2D eigenvalue weighted by molar-refractivity contribution is 9.10. The van der Waals surface area contributed by atoms with Crippen LogP contribution in [-0.2, 0) is 0 Å². The summed E-state index contributed by atoms with van der Waals surface area (Å²) in [4.78, 5) is 26.4. The van der Waals surface area contributed by atoms with E-state index in [1.165, 1.54) is 18.5 Å². The van der Waals surface area contributed by atoms with Crippen LogP contribution in [0.25, 0.3) is 0 Å². The van der Waals surface area contributed by atoms with Crippen LogP contribution in [0.4, 0.5) is 16.2 Å². The Hall–Kier alpha value is -2.41. The van der Waals surface area contributed by atoms with Crippen molar-refractivity contribution in [3.05, 3.63) is 52.3 Å². The third kappa shape index (κ3) is 4.03. The molecule has 0 radical (unpaired) electrons. The maximum atomic E-state index is 11.8. The van der Waals surface area contributed by atoms with Crippen molar-refractivity contribution in [1.29, 1.82) is 0 Å². The van der Waals surface area contributed by atoms with Crippen LogP contribution in [-0.4, -0.2) is 22.1 Å². The number of carboxylic acids is 1. The van der Waals surface area contributed by atoms with E-state index >= 15 is 0 Å². The van der Waals surface area contributed by atoms with Crippen LogP contribution in [0.2, 0.25) is 0 Å². The highest BCUT2D eigenvalue weighted by Crippen LogP contribution is 2.20. The van der Waals surface area contributed by atoms with Crippen LogP contribution in [0.3, 0.4) is 0 Å². The second kappa shape index (κ2) is 6.36. The van der Waals surface area contributed by atoms with E-state index in [9.17, 15) is 9.59 Å². The molecule has 0 saturated carbocycles. The maximum absolute atomic E-state index is 11.8. The summed E-state index contributed by atoms with van der Waals surface area (Å²) in [6, 6.07) is 6.27. The van der Waals surface area contributed by atoms with Crippen molar-refractivity contribution in [2.24, 2.45) is 0 Å². The smallest absolute Gasteiger partial charge is 0.337 e. The normalized spacial score (nSPS) is 10.0. The molecule has 0 bridgehead atoms. The summed E-state index contributed by atoms with van der Waals surface area (Å²) < 4.78 is 0.884. The van der Waals surface area contributed by atoms with Crippen molar-refractivity contribution in [3.63, 3.8) is 0 Å². The molecular formula is C14H12BrN3O3. The SMILES string of the molecule is Cc1ccc(NC(=O)Nc2cncc(C(=O)O)c2)cc1Br. The Labute approximate surface area is 129 Å². The molecule has 6 nitrogen and oxygen atoms in total. The van der Waals surface area contributed by atoms with Crippen molar-refractivity contribution in [1.82, 2.24) is 4.98 Å². The minimum absolute atomic E-state index is 0.00544. The second-order valence-electron chi connectivity index (χ2n) is 4.31. The Balaban J connectivity index is 2.06. The number of nitrogens with one attached hydrogen (secondary N) is 2. The summed E-state index contributed by atoms with van der Waals surface area (Å²) in [6.07, 6.45) is 2.58. The summed E-state index contributed by atoms with van der Waals surface area (Å²) in [5.41, 5.74) is 1.98. The lowest BCUT2D eigenvalue weighted by atomic mass is 10.2. The summed E-state index contributed by atoms with van der Waals surface area (Å²) >= 11 is 3.38. The van der Waals surface area contributed by atoms with E-state index in [0.717, 1.165) is 10.0 Å². The average Bonchev–Trinajstić information content (AvgIpc) is 2.43. The molecule has 0 spiro atoms. The molecule has 108 valence electrons. The van der Waals surface area contributed by atoms with Crippen LogP contribution >= 0.6 is 15.9 Å². The number of aryl methyl sites for hydroxylation is 1. The summed E-state index contributed by atoms with van der Waals surface area (Å²) in [5.74, 6) is -1.10. The molecular weight excluding hydrogens is 338 g/mol. The largest absolute Gasteiger partial charge is 0.478 e. The van der Waals surface area contributed by atoms with Crippen LogP contribution < -0.4 is 10.6 Å². The first-order valence-corrected chi connectivity index (χ1v) is 6.77. The van der Waals surface area contributed by atoms with E-state index in [4.69, 9.17) is 5.11 Å². The Morgan fingerprint density at radius 1 is 1.14 bits per heavy atom. The molecule has 3 N–H and O–H groups in total. The molecule has 0 atom stereocenters. The molecule has 1 aromatic carbocycles. The standard InChI is InChI=1S/C14H12BrN3O3/c1-8-2-3-10(5-12(8)15)17-14(21)18-11-4-9(13(19)20)6-16-7-11/h2-7H,1H3,(H,19,20)(H2,17,18,21). The first-order chi connectivity index (χ1) is 9.95. The Bertz CT molecular complexity index is 704. The van der Waals surface area contributed by atoms with Gasteiger partial charge in [0.1, 0.15) is 0 Å². The lowest BCUT2D eigenvalue weighted by Crippen LogP contribution is -2.19. The lowest BCUT2D eigenvalue weighted by molar-refractivity contribution is 0.0696. The molecule has 2 amide bonds. The maximum Gasteiger partial charge on any atom is 0.337 e. The Kier molecular flexibility index (Phi) is 4.54. The quantitative estimate of drug-likeness (QED) is 0.790. The van der Waals surface area contributed by atoms with Crippen LogP contribution in [0.5, 0.6) is 0 Å². The fourth-order valence-corrected chi connectivity index (χ4v) is 1.97. The predicted octanol–water partition coefficient (Wildman–Crippen LogP) is 3.49. The lowest BCUT2D eigenvalue weighted by Gasteiger charge is -2.09. The highest BCUT2D eigenvalue weighted by Gasteiger charge is 2.07. The number of aromatic nitrogens is 1. The predicted molar refractivity (Wildman–Crippen MR) is 82.7 cm³/mol. The molecule has 0 unspecified atom stereocenters. The molecule has 7 heteroatoms. The Morgan fingerprint density at radius 2 is 1.86 bits per heavy atom. The van der Waals surface area contributed by atoms with Gasteiger partial charge in [-0.2, -0.15) is 0 Å². The van der Waals surface area contributed by atoms with Gasteiger partial charge in [0, 0.05) is 16.4 Å². The topological polar surface area (TPSA) is 91.3 Å². The van der Waals surface area contributed by atoms with Crippen molar-refractivity contribution in [3.8, 4) is 0 Å². The van der Waals surface area contributed by atoms with E-state index in [1.54, 1.807) is 12.1 Å². The van der Waals surface area contributed by atoms with E-state index in [1.807, 2.05) is 13.0 Å². The van der Waals surface area contributed by atoms with Gasteiger partial charge in [-0.05, 0) is 30.7 Å². The number of pyridine rings is 1. The van der Waals surface area contributed by atoms with Crippen LogP contribution in [0.1, 0.15) is 15.9 Å². The number of carbonyl (C=O) groups is 2. The first kappa shape index (κ1) is 15.0. The van der Waals surface area contributed by atoms with Crippen molar-refractivity contribution >= 4 is 39.3 Å². The molecule has 1 aromatic heterocycles. The number of hydrogen-bond acceptors (Lipinski definition) is 3. The fraction of sp³-hybridized carbons (Fsp3) is 0.0714. The van der Waals surface area contributed by atoms with Crippen LogP contribution in [0, 0.1) is 6.92 Å². The number of benzene rings is 1. The van der Waals surface area contributed by atoms with Gasteiger partial charge in [-0.25, -0.2) is 9.59 Å². The van der Waals surface area contributed by atoms with E-state index < -0.39 is 12.0 Å². The first-order valence-electron chi connectivity index (χ1n) is 5.98. The Morgan fingerprint density at radius 3 is 2.52 bits per heavy atom. The van der Waals surface area contributed by atoms with Gasteiger partial charge < -0.3 is 15.7 Å². The van der Waals surface area contributed by atoms with Crippen molar-refractivity contribution in [2.75, 3.05) is 10.6 Å². The van der Waals surface area contributed by atoms with E-state index in [0.29, 0.717) is 11.4 Å². The number of anilines is 2. The molecule has 0 saturated heterocycles. The number of urea groups is 1. The number of rotatable bonds is 3. The van der Waals surface area contributed by atoms with Gasteiger partial charge in [0.05, 0.1) is 17.4 Å². The third-order valence-corrected chi connectivity index (χ3v) is 3.53. The summed E-state index contributed by atoms with van der Waals surface area (Å²) in [6.45, 7) is 1.94.